The quantitative estimate of drug-likeness (QED) is 0.662. The van der Waals surface area contributed by atoms with Crippen LogP contribution in [0.15, 0.2) is 36.5 Å². The summed E-state index contributed by atoms with van der Waals surface area (Å²) in [6.07, 6.45) is 1.56. The molecule has 19 heavy (non-hydrogen) atoms. The zero-order chi connectivity index (χ0) is 13.8. The number of amides is 1. The SMILES string of the molecule is NCc1ccc(NC(=O)c2ccc(O)cc2O)nc1. The van der Waals surface area contributed by atoms with E-state index in [-0.39, 0.29) is 17.1 Å². The highest BCUT2D eigenvalue weighted by Crippen LogP contribution is 2.23. The Hall–Kier alpha value is -2.60. The summed E-state index contributed by atoms with van der Waals surface area (Å²) >= 11 is 0. The van der Waals surface area contributed by atoms with Crippen LogP contribution in [0.4, 0.5) is 5.82 Å². The van der Waals surface area contributed by atoms with E-state index in [1.54, 1.807) is 18.3 Å². The van der Waals surface area contributed by atoms with Crippen molar-refractivity contribution in [1.82, 2.24) is 4.98 Å². The number of rotatable bonds is 3. The van der Waals surface area contributed by atoms with E-state index in [0.717, 1.165) is 11.6 Å². The fourth-order valence-electron chi connectivity index (χ4n) is 1.51. The van der Waals surface area contributed by atoms with Gasteiger partial charge in [-0.15, -0.1) is 0 Å². The zero-order valence-corrected chi connectivity index (χ0v) is 10.00. The number of aromatic hydroxyl groups is 2. The summed E-state index contributed by atoms with van der Waals surface area (Å²) in [5.74, 6) is -0.560. The first-order valence-corrected chi connectivity index (χ1v) is 5.58. The molecule has 0 bridgehead atoms. The highest BCUT2D eigenvalue weighted by atomic mass is 16.3. The number of aromatic nitrogens is 1. The first kappa shape index (κ1) is 12.8. The number of hydrogen-bond acceptors (Lipinski definition) is 5. The predicted molar refractivity (Wildman–Crippen MR) is 69.9 cm³/mol. The fourth-order valence-corrected chi connectivity index (χ4v) is 1.51. The topological polar surface area (TPSA) is 108 Å². The summed E-state index contributed by atoms with van der Waals surface area (Å²) < 4.78 is 0. The molecule has 5 N–H and O–H groups in total. The summed E-state index contributed by atoms with van der Waals surface area (Å²) in [6, 6.07) is 7.12. The second-order valence-corrected chi connectivity index (χ2v) is 3.91. The van der Waals surface area contributed by atoms with Gasteiger partial charge in [-0.2, -0.15) is 0 Å². The molecule has 0 spiro atoms. The van der Waals surface area contributed by atoms with Crippen molar-refractivity contribution in [3.8, 4) is 11.5 Å². The van der Waals surface area contributed by atoms with Gasteiger partial charge in [-0.25, -0.2) is 4.98 Å². The zero-order valence-electron chi connectivity index (χ0n) is 10.00. The molecule has 0 unspecified atom stereocenters. The van der Waals surface area contributed by atoms with Gasteiger partial charge < -0.3 is 21.3 Å². The molecular formula is C13H13N3O3. The third kappa shape index (κ3) is 2.99. The number of nitrogens with one attached hydrogen (secondary N) is 1. The van der Waals surface area contributed by atoms with Crippen LogP contribution < -0.4 is 11.1 Å². The summed E-state index contributed by atoms with van der Waals surface area (Å²) in [7, 11) is 0. The standard InChI is InChI=1S/C13H13N3O3/c14-6-8-1-4-12(15-7-8)16-13(19)10-3-2-9(17)5-11(10)18/h1-5,7,17-18H,6,14H2,(H,15,16,19). The third-order valence-electron chi connectivity index (χ3n) is 2.53. The number of carbonyl (C=O) groups is 1. The van der Waals surface area contributed by atoms with Gasteiger partial charge in [0.1, 0.15) is 17.3 Å². The Bertz CT molecular complexity index is 597. The maximum Gasteiger partial charge on any atom is 0.260 e. The minimum Gasteiger partial charge on any atom is -0.508 e. The Morgan fingerprint density at radius 3 is 2.63 bits per heavy atom. The molecule has 0 saturated carbocycles. The number of benzene rings is 1. The lowest BCUT2D eigenvalue weighted by Gasteiger charge is -2.07. The number of hydrogen-bond donors (Lipinski definition) is 4. The first-order chi connectivity index (χ1) is 9.10. The molecule has 2 aromatic rings. The van der Waals surface area contributed by atoms with Crippen molar-refractivity contribution < 1.29 is 15.0 Å². The van der Waals surface area contributed by atoms with Gasteiger partial charge in [-0.3, -0.25) is 4.79 Å². The molecule has 6 nitrogen and oxygen atoms in total. The Morgan fingerprint density at radius 1 is 1.26 bits per heavy atom. The van der Waals surface area contributed by atoms with Crippen molar-refractivity contribution in [2.24, 2.45) is 5.73 Å². The molecule has 98 valence electrons. The lowest BCUT2D eigenvalue weighted by Crippen LogP contribution is -2.13. The van der Waals surface area contributed by atoms with Crippen LogP contribution in [-0.4, -0.2) is 21.1 Å². The molecule has 0 fully saturated rings. The van der Waals surface area contributed by atoms with Gasteiger partial charge in [0.15, 0.2) is 0 Å². The number of phenols is 2. The minimum atomic E-state index is -0.509. The van der Waals surface area contributed by atoms with E-state index in [1.807, 2.05) is 0 Å². The number of pyridine rings is 1. The van der Waals surface area contributed by atoms with Gasteiger partial charge in [-0.05, 0) is 23.8 Å². The van der Waals surface area contributed by atoms with Crippen molar-refractivity contribution in [2.45, 2.75) is 6.54 Å². The fraction of sp³-hybridized carbons (Fsp3) is 0.0769. The van der Waals surface area contributed by atoms with Crippen molar-refractivity contribution >= 4 is 11.7 Å². The molecule has 6 heteroatoms. The number of carbonyl (C=O) groups excluding carboxylic acids is 1. The largest absolute Gasteiger partial charge is 0.508 e. The van der Waals surface area contributed by atoms with Gasteiger partial charge >= 0.3 is 0 Å². The normalized spacial score (nSPS) is 10.2. The molecule has 1 aromatic heterocycles. The molecule has 1 amide bonds. The van der Waals surface area contributed by atoms with Gasteiger partial charge in [-0.1, -0.05) is 6.07 Å². The highest BCUT2D eigenvalue weighted by molar-refractivity contribution is 6.05. The number of nitrogens with zero attached hydrogens (tertiary/aromatic N) is 1. The Morgan fingerprint density at radius 2 is 2.05 bits per heavy atom. The molecule has 1 aromatic carbocycles. The molecule has 0 aliphatic carbocycles. The Labute approximate surface area is 109 Å². The molecule has 0 saturated heterocycles. The van der Waals surface area contributed by atoms with Crippen LogP contribution in [-0.2, 0) is 6.54 Å². The van der Waals surface area contributed by atoms with Crippen LogP contribution in [0.5, 0.6) is 11.5 Å². The average molecular weight is 259 g/mol. The molecular weight excluding hydrogens is 246 g/mol. The van der Waals surface area contributed by atoms with Crippen LogP contribution in [0.25, 0.3) is 0 Å². The van der Waals surface area contributed by atoms with Gasteiger partial charge in [0.05, 0.1) is 5.56 Å². The van der Waals surface area contributed by atoms with Crippen molar-refractivity contribution in [3.05, 3.63) is 47.7 Å². The second-order valence-electron chi connectivity index (χ2n) is 3.91. The Balaban J connectivity index is 2.15. The molecule has 1 heterocycles. The van der Waals surface area contributed by atoms with E-state index in [1.165, 1.54) is 12.1 Å². The monoisotopic (exact) mass is 259 g/mol. The summed E-state index contributed by atoms with van der Waals surface area (Å²) in [4.78, 5) is 15.9. The van der Waals surface area contributed by atoms with E-state index in [0.29, 0.717) is 12.4 Å². The van der Waals surface area contributed by atoms with E-state index in [9.17, 15) is 9.90 Å². The minimum absolute atomic E-state index is 0.0579. The summed E-state index contributed by atoms with van der Waals surface area (Å²) in [5.41, 5.74) is 6.35. The Kier molecular flexibility index (Phi) is 3.63. The molecule has 0 atom stereocenters. The van der Waals surface area contributed by atoms with E-state index in [2.05, 4.69) is 10.3 Å². The van der Waals surface area contributed by atoms with Crippen LogP contribution in [0.1, 0.15) is 15.9 Å². The maximum atomic E-state index is 11.9. The molecule has 0 aliphatic rings. The van der Waals surface area contributed by atoms with E-state index < -0.39 is 5.91 Å². The van der Waals surface area contributed by atoms with Crippen LogP contribution in [0.2, 0.25) is 0 Å². The van der Waals surface area contributed by atoms with Crippen LogP contribution in [0.3, 0.4) is 0 Å². The molecule has 0 aliphatic heterocycles. The van der Waals surface area contributed by atoms with Crippen molar-refractivity contribution in [1.29, 1.82) is 0 Å². The highest BCUT2D eigenvalue weighted by Gasteiger charge is 2.12. The number of anilines is 1. The summed E-state index contributed by atoms with van der Waals surface area (Å²) in [5, 5.41) is 21.3. The van der Waals surface area contributed by atoms with Gasteiger partial charge in [0, 0.05) is 18.8 Å². The number of phenolic OH excluding ortho intramolecular Hbond substituents is 2. The van der Waals surface area contributed by atoms with E-state index in [4.69, 9.17) is 10.8 Å². The van der Waals surface area contributed by atoms with Crippen molar-refractivity contribution in [2.75, 3.05) is 5.32 Å². The van der Waals surface area contributed by atoms with Gasteiger partial charge in [0.25, 0.3) is 5.91 Å². The lowest BCUT2D eigenvalue weighted by molar-refractivity contribution is 0.102. The van der Waals surface area contributed by atoms with E-state index >= 15 is 0 Å². The smallest absolute Gasteiger partial charge is 0.260 e. The maximum absolute atomic E-state index is 11.9. The average Bonchev–Trinajstić information content (AvgIpc) is 2.39. The van der Waals surface area contributed by atoms with Crippen LogP contribution in [0, 0.1) is 0 Å². The van der Waals surface area contributed by atoms with Gasteiger partial charge in [0.2, 0.25) is 0 Å². The second kappa shape index (κ2) is 5.36. The summed E-state index contributed by atoms with van der Waals surface area (Å²) in [6.45, 7) is 0.375. The predicted octanol–water partition coefficient (Wildman–Crippen LogP) is 1.20. The number of nitrogens with two attached hydrogens (primary N) is 1. The van der Waals surface area contributed by atoms with Crippen molar-refractivity contribution in [3.63, 3.8) is 0 Å². The lowest BCUT2D eigenvalue weighted by atomic mass is 10.2. The van der Waals surface area contributed by atoms with Crippen LogP contribution >= 0.6 is 0 Å². The first-order valence-electron chi connectivity index (χ1n) is 5.58. The molecule has 2 rings (SSSR count). The third-order valence-corrected chi connectivity index (χ3v) is 2.53. The molecule has 0 radical (unpaired) electrons.